The van der Waals surface area contributed by atoms with E-state index in [4.69, 9.17) is 0 Å². The summed E-state index contributed by atoms with van der Waals surface area (Å²) in [5, 5.41) is 2.60. The fourth-order valence-corrected chi connectivity index (χ4v) is 5.85. The van der Waals surface area contributed by atoms with Gasteiger partial charge in [-0.25, -0.2) is 16.8 Å². The van der Waals surface area contributed by atoms with Crippen LogP contribution in [0.2, 0.25) is 0 Å². The highest BCUT2D eigenvalue weighted by atomic mass is 32.2. The number of sulfonamides is 1. The van der Waals surface area contributed by atoms with E-state index in [0.717, 1.165) is 6.26 Å². The molecule has 1 saturated heterocycles. The van der Waals surface area contributed by atoms with E-state index in [-0.39, 0.29) is 34.7 Å². The van der Waals surface area contributed by atoms with Crippen molar-refractivity contribution < 1.29 is 21.6 Å². The van der Waals surface area contributed by atoms with Gasteiger partial charge in [-0.1, -0.05) is 0 Å². The minimum absolute atomic E-state index is 0.116. The first-order chi connectivity index (χ1) is 13.6. The van der Waals surface area contributed by atoms with Gasteiger partial charge in [0.15, 0.2) is 9.84 Å². The van der Waals surface area contributed by atoms with Gasteiger partial charge >= 0.3 is 0 Å². The predicted octanol–water partition coefficient (Wildman–Crippen LogP) is 2.01. The molecule has 0 radical (unpaired) electrons. The summed E-state index contributed by atoms with van der Waals surface area (Å²) >= 11 is 0. The van der Waals surface area contributed by atoms with Crippen LogP contribution in [0.4, 0.5) is 5.69 Å². The van der Waals surface area contributed by atoms with Gasteiger partial charge in [-0.15, -0.1) is 0 Å². The highest BCUT2D eigenvalue weighted by Crippen LogP contribution is 2.33. The lowest BCUT2D eigenvalue weighted by Crippen LogP contribution is -2.38. The summed E-state index contributed by atoms with van der Waals surface area (Å²) in [6, 6.07) is 9.16. The standard InChI is InChI=1S/C19H23N3O5S2/c1-14(23)21-16-5-7-17(8-6-16)29(26,27)22-12-9-15(10-13-22)19-18(28(2,24)25)4-3-11-20-19/h3-8,11,15H,9-10,12-13H2,1-2H3,(H,21,23). The van der Waals surface area contributed by atoms with Crippen molar-refractivity contribution in [3.05, 3.63) is 48.3 Å². The van der Waals surface area contributed by atoms with Crippen LogP contribution in [0.15, 0.2) is 52.4 Å². The number of rotatable bonds is 5. The largest absolute Gasteiger partial charge is 0.326 e. The number of hydrogen-bond acceptors (Lipinski definition) is 6. The number of hydrogen-bond donors (Lipinski definition) is 1. The van der Waals surface area contributed by atoms with Gasteiger partial charge in [-0.05, 0) is 49.2 Å². The van der Waals surface area contributed by atoms with Crippen molar-refractivity contribution in [1.29, 1.82) is 0 Å². The van der Waals surface area contributed by atoms with Gasteiger partial charge in [0.05, 0.1) is 15.5 Å². The summed E-state index contributed by atoms with van der Waals surface area (Å²) in [5.74, 6) is -0.347. The van der Waals surface area contributed by atoms with Gasteiger partial charge in [0.25, 0.3) is 0 Å². The third kappa shape index (κ3) is 4.82. The average molecular weight is 438 g/mol. The molecule has 1 amide bonds. The molecule has 0 aliphatic carbocycles. The molecule has 10 heteroatoms. The lowest BCUT2D eigenvalue weighted by atomic mass is 9.94. The number of amides is 1. The Bertz CT molecular complexity index is 1100. The summed E-state index contributed by atoms with van der Waals surface area (Å²) in [7, 11) is -7.07. The summed E-state index contributed by atoms with van der Waals surface area (Å²) in [5.41, 5.74) is 1.03. The van der Waals surface area contributed by atoms with Gasteiger partial charge in [-0.3, -0.25) is 9.78 Å². The lowest BCUT2D eigenvalue weighted by Gasteiger charge is -2.31. The number of sulfone groups is 1. The second-order valence-corrected chi connectivity index (χ2v) is 11.0. The van der Waals surface area contributed by atoms with E-state index < -0.39 is 19.9 Å². The summed E-state index contributed by atoms with van der Waals surface area (Å²) in [6.45, 7) is 1.94. The third-order valence-corrected chi connectivity index (χ3v) is 7.91. The number of aromatic nitrogens is 1. The van der Waals surface area contributed by atoms with Gasteiger partial charge in [0, 0.05) is 44.1 Å². The number of carbonyl (C=O) groups is 1. The van der Waals surface area contributed by atoms with Gasteiger partial charge in [0.1, 0.15) is 0 Å². The second-order valence-electron chi connectivity index (χ2n) is 7.04. The van der Waals surface area contributed by atoms with Crippen LogP contribution in [0.1, 0.15) is 31.4 Å². The zero-order chi connectivity index (χ0) is 21.2. The first-order valence-corrected chi connectivity index (χ1v) is 12.4. The third-order valence-electron chi connectivity index (χ3n) is 4.85. The molecular weight excluding hydrogens is 414 g/mol. The lowest BCUT2D eigenvalue weighted by molar-refractivity contribution is -0.114. The van der Waals surface area contributed by atoms with Crippen molar-refractivity contribution in [2.24, 2.45) is 0 Å². The molecule has 1 N–H and O–H groups in total. The number of anilines is 1. The van der Waals surface area contributed by atoms with Crippen LogP contribution in [-0.2, 0) is 24.7 Å². The van der Waals surface area contributed by atoms with E-state index in [1.807, 2.05) is 0 Å². The van der Waals surface area contributed by atoms with E-state index in [0.29, 0.717) is 24.2 Å². The first kappa shape index (κ1) is 21.4. The molecule has 0 bridgehead atoms. The molecule has 156 valence electrons. The van der Waals surface area contributed by atoms with E-state index in [1.165, 1.54) is 29.4 Å². The summed E-state index contributed by atoms with van der Waals surface area (Å²) < 4.78 is 51.3. The molecule has 1 fully saturated rings. The molecule has 3 rings (SSSR count). The topological polar surface area (TPSA) is 114 Å². The van der Waals surface area contributed by atoms with E-state index in [1.54, 1.807) is 24.4 Å². The Morgan fingerprint density at radius 1 is 1.07 bits per heavy atom. The quantitative estimate of drug-likeness (QED) is 0.765. The van der Waals surface area contributed by atoms with Crippen LogP contribution >= 0.6 is 0 Å². The molecule has 1 aromatic carbocycles. The number of benzene rings is 1. The number of nitrogens with one attached hydrogen (secondary N) is 1. The van der Waals surface area contributed by atoms with Crippen molar-refractivity contribution in [2.75, 3.05) is 24.7 Å². The molecule has 0 spiro atoms. The minimum atomic E-state index is -3.67. The molecule has 1 aromatic heterocycles. The minimum Gasteiger partial charge on any atom is -0.326 e. The monoisotopic (exact) mass is 437 g/mol. The maximum Gasteiger partial charge on any atom is 0.243 e. The Morgan fingerprint density at radius 3 is 2.24 bits per heavy atom. The smallest absolute Gasteiger partial charge is 0.243 e. The molecule has 2 aromatic rings. The normalized spacial score (nSPS) is 16.5. The van der Waals surface area contributed by atoms with Crippen molar-refractivity contribution in [2.45, 2.75) is 35.5 Å². The molecule has 2 heterocycles. The van der Waals surface area contributed by atoms with Crippen molar-refractivity contribution in [1.82, 2.24) is 9.29 Å². The van der Waals surface area contributed by atoms with Crippen molar-refractivity contribution >= 4 is 31.5 Å². The predicted molar refractivity (Wildman–Crippen MR) is 109 cm³/mol. The Labute approximate surface area is 170 Å². The molecule has 0 atom stereocenters. The average Bonchev–Trinajstić information content (AvgIpc) is 2.67. The summed E-state index contributed by atoms with van der Waals surface area (Å²) in [4.78, 5) is 15.7. The Hall–Kier alpha value is -2.30. The van der Waals surface area contributed by atoms with Gasteiger partial charge in [0.2, 0.25) is 15.9 Å². The van der Waals surface area contributed by atoms with E-state index >= 15 is 0 Å². The van der Waals surface area contributed by atoms with Gasteiger partial charge < -0.3 is 5.32 Å². The molecular formula is C19H23N3O5S2. The Balaban J connectivity index is 1.74. The van der Waals surface area contributed by atoms with E-state index in [2.05, 4.69) is 10.3 Å². The van der Waals surface area contributed by atoms with Gasteiger partial charge in [-0.2, -0.15) is 4.31 Å². The maximum absolute atomic E-state index is 12.9. The molecule has 0 unspecified atom stereocenters. The van der Waals surface area contributed by atoms with E-state index in [9.17, 15) is 21.6 Å². The zero-order valence-electron chi connectivity index (χ0n) is 16.2. The number of pyridine rings is 1. The molecule has 8 nitrogen and oxygen atoms in total. The van der Waals surface area contributed by atoms with Crippen LogP contribution in [0.25, 0.3) is 0 Å². The molecule has 1 aliphatic rings. The highest BCUT2D eigenvalue weighted by Gasteiger charge is 2.32. The van der Waals surface area contributed by atoms with Crippen LogP contribution in [-0.4, -0.2) is 51.4 Å². The van der Waals surface area contributed by atoms with Crippen molar-refractivity contribution in [3.63, 3.8) is 0 Å². The van der Waals surface area contributed by atoms with Crippen molar-refractivity contribution in [3.8, 4) is 0 Å². The Morgan fingerprint density at radius 2 is 1.69 bits per heavy atom. The van der Waals surface area contributed by atoms with Crippen LogP contribution < -0.4 is 5.32 Å². The second kappa shape index (κ2) is 8.21. The number of piperidine rings is 1. The fraction of sp³-hybridized carbons (Fsp3) is 0.368. The Kier molecular flexibility index (Phi) is 6.06. The molecule has 1 aliphatic heterocycles. The summed E-state index contributed by atoms with van der Waals surface area (Å²) in [6.07, 6.45) is 3.69. The first-order valence-electron chi connectivity index (χ1n) is 9.12. The molecule has 0 saturated carbocycles. The van der Waals surface area contributed by atoms with Crippen LogP contribution in [0.5, 0.6) is 0 Å². The van der Waals surface area contributed by atoms with Crippen LogP contribution in [0.3, 0.4) is 0 Å². The fourth-order valence-electron chi connectivity index (χ4n) is 3.46. The number of carbonyl (C=O) groups excluding carboxylic acids is 1. The van der Waals surface area contributed by atoms with Crippen LogP contribution in [0, 0.1) is 0 Å². The molecule has 29 heavy (non-hydrogen) atoms. The number of nitrogens with zero attached hydrogens (tertiary/aromatic N) is 2. The SMILES string of the molecule is CC(=O)Nc1ccc(S(=O)(=O)N2CCC(c3ncccc3S(C)(=O)=O)CC2)cc1. The zero-order valence-corrected chi connectivity index (χ0v) is 17.8. The maximum atomic E-state index is 12.9. The highest BCUT2D eigenvalue weighted by molar-refractivity contribution is 7.90.